The number of carbonyl (C=O) groups excluding carboxylic acids is 2. The highest BCUT2D eigenvalue weighted by molar-refractivity contribution is 6.39. The van der Waals surface area contributed by atoms with Crippen LogP contribution in [0.4, 0.5) is 5.69 Å². The molecule has 1 spiro atoms. The number of rotatable bonds is 3. The van der Waals surface area contributed by atoms with Crippen LogP contribution in [0, 0.1) is 13.8 Å². The largest absolute Gasteiger partial charge is 0.347 e. The number of hydrogen-bond donors (Lipinski definition) is 2. The zero-order valence-corrected chi connectivity index (χ0v) is 14.2. The Kier molecular flexibility index (Phi) is 4.87. The molecule has 0 unspecified atom stereocenters. The van der Waals surface area contributed by atoms with E-state index in [1.807, 2.05) is 26.0 Å². The third-order valence-electron chi connectivity index (χ3n) is 4.83. The van der Waals surface area contributed by atoms with Crippen LogP contribution in [-0.2, 0) is 19.1 Å². The summed E-state index contributed by atoms with van der Waals surface area (Å²) in [5.41, 5.74) is 2.67. The Morgan fingerprint density at radius 3 is 2.71 bits per heavy atom. The number of hydrogen-bond acceptors (Lipinski definition) is 4. The molecule has 1 aliphatic carbocycles. The van der Waals surface area contributed by atoms with E-state index >= 15 is 0 Å². The maximum atomic E-state index is 12.0. The molecule has 2 amide bonds. The molecule has 2 fully saturated rings. The van der Waals surface area contributed by atoms with Gasteiger partial charge in [-0.2, -0.15) is 0 Å². The van der Waals surface area contributed by atoms with Crippen molar-refractivity contribution in [2.45, 2.75) is 51.4 Å². The monoisotopic (exact) mass is 332 g/mol. The first-order chi connectivity index (χ1) is 11.5. The van der Waals surface area contributed by atoms with Gasteiger partial charge in [0.2, 0.25) is 0 Å². The van der Waals surface area contributed by atoms with Gasteiger partial charge < -0.3 is 20.1 Å². The second-order valence-electron chi connectivity index (χ2n) is 6.58. The second kappa shape index (κ2) is 6.91. The highest BCUT2D eigenvalue weighted by atomic mass is 16.7. The molecule has 1 aromatic carbocycles. The summed E-state index contributed by atoms with van der Waals surface area (Å²) in [5, 5.41) is 5.28. The molecule has 1 heterocycles. The van der Waals surface area contributed by atoms with Crippen molar-refractivity contribution in [1.82, 2.24) is 5.32 Å². The second-order valence-corrected chi connectivity index (χ2v) is 6.58. The van der Waals surface area contributed by atoms with Crippen LogP contribution >= 0.6 is 0 Å². The van der Waals surface area contributed by atoms with E-state index in [4.69, 9.17) is 9.47 Å². The lowest BCUT2D eigenvalue weighted by Gasteiger charge is -2.21. The van der Waals surface area contributed by atoms with E-state index < -0.39 is 17.6 Å². The van der Waals surface area contributed by atoms with Crippen LogP contribution in [0.1, 0.15) is 36.8 Å². The van der Waals surface area contributed by atoms with E-state index in [-0.39, 0.29) is 12.6 Å². The Morgan fingerprint density at radius 2 is 1.96 bits per heavy atom. The SMILES string of the molecule is Cc1cccc(NC(=O)C(=O)NC[C@H]2COC3(CCCC3)O2)c1C. The van der Waals surface area contributed by atoms with E-state index in [0.29, 0.717) is 12.3 Å². The maximum Gasteiger partial charge on any atom is 0.313 e. The van der Waals surface area contributed by atoms with Gasteiger partial charge in [-0.1, -0.05) is 12.1 Å². The van der Waals surface area contributed by atoms with Crippen LogP contribution in [0.5, 0.6) is 0 Å². The van der Waals surface area contributed by atoms with Crippen molar-refractivity contribution in [3.63, 3.8) is 0 Å². The van der Waals surface area contributed by atoms with Crippen molar-refractivity contribution in [2.24, 2.45) is 0 Å². The van der Waals surface area contributed by atoms with Gasteiger partial charge in [-0.3, -0.25) is 9.59 Å². The summed E-state index contributed by atoms with van der Waals surface area (Å²) >= 11 is 0. The minimum absolute atomic E-state index is 0.194. The molecule has 24 heavy (non-hydrogen) atoms. The molecule has 0 radical (unpaired) electrons. The fourth-order valence-corrected chi connectivity index (χ4v) is 3.25. The van der Waals surface area contributed by atoms with E-state index in [9.17, 15) is 9.59 Å². The summed E-state index contributed by atoms with van der Waals surface area (Å²) in [7, 11) is 0. The van der Waals surface area contributed by atoms with E-state index in [1.165, 1.54) is 0 Å². The van der Waals surface area contributed by atoms with Crippen molar-refractivity contribution in [3.8, 4) is 0 Å². The molecule has 0 aromatic heterocycles. The fourth-order valence-electron chi connectivity index (χ4n) is 3.25. The average molecular weight is 332 g/mol. The highest BCUT2D eigenvalue weighted by Crippen LogP contribution is 2.38. The van der Waals surface area contributed by atoms with Crippen molar-refractivity contribution in [1.29, 1.82) is 0 Å². The zero-order valence-electron chi connectivity index (χ0n) is 14.2. The maximum absolute atomic E-state index is 12.0. The molecule has 1 atom stereocenters. The Labute approximate surface area is 141 Å². The molecular formula is C18H24N2O4. The van der Waals surface area contributed by atoms with Crippen LogP contribution in [-0.4, -0.2) is 36.9 Å². The molecular weight excluding hydrogens is 308 g/mol. The minimum atomic E-state index is -0.668. The van der Waals surface area contributed by atoms with Crippen molar-refractivity contribution in [2.75, 3.05) is 18.5 Å². The van der Waals surface area contributed by atoms with Crippen molar-refractivity contribution < 1.29 is 19.1 Å². The number of benzene rings is 1. The predicted octanol–water partition coefficient (Wildman–Crippen LogP) is 2.04. The normalized spacial score (nSPS) is 21.8. The summed E-state index contributed by atoms with van der Waals surface area (Å²) in [4.78, 5) is 24.0. The summed E-state index contributed by atoms with van der Waals surface area (Å²) in [6.07, 6.45) is 3.84. The predicted molar refractivity (Wildman–Crippen MR) is 89.6 cm³/mol. The van der Waals surface area contributed by atoms with Gasteiger partial charge in [-0.25, -0.2) is 0 Å². The molecule has 130 valence electrons. The number of anilines is 1. The highest BCUT2D eigenvalue weighted by Gasteiger charge is 2.43. The van der Waals surface area contributed by atoms with Crippen LogP contribution in [0.15, 0.2) is 18.2 Å². The van der Waals surface area contributed by atoms with E-state index in [0.717, 1.165) is 36.8 Å². The first-order valence-electron chi connectivity index (χ1n) is 8.46. The summed E-state index contributed by atoms with van der Waals surface area (Å²) in [6.45, 7) is 4.61. The van der Waals surface area contributed by atoms with Crippen LogP contribution in [0.2, 0.25) is 0 Å². The van der Waals surface area contributed by atoms with Gasteiger partial charge in [-0.05, 0) is 43.9 Å². The summed E-state index contributed by atoms with van der Waals surface area (Å²) < 4.78 is 11.7. The average Bonchev–Trinajstić information content (AvgIpc) is 3.19. The molecule has 6 heteroatoms. The minimum Gasteiger partial charge on any atom is -0.347 e. The molecule has 1 aliphatic heterocycles. The summed E-state index contributed by atoms with van der Waals surface area (Å²) in [5.74, 6) is -1.78. The molecule has 1 aromatic rings. The molecule has 2 aliphatic rings. The molecule has 6 nitrogen and oxygen atoms in total. The zero-order chi connectivity index (χ0) is 17.2. The van der Waals surface area contributed by atoms with Gasteiger partial charge in [0, 0.05) is 25.1 Å². The Bertz CT molecular complexity index is 638. The standard InChI is InChI=1S/C18H24N2O4/c1-12-6-5-7-15(13(12)2)20-17(22)16(21)19-10-14-11-23-18(24-14)8-3-4-9-18/h5-7,14H,3-4,8-11H2,1-2H3,(H,19,21)(H,20,22)/t14-/m0/s1. The van der Waals surface area contributed by atoms with E-state index in [1.54, 1.807) is 6.07 Å². The van der Waals surface area contributed by atoms with Gasteiger partial charge in [-0.15, -0.1) is 0 Å². The Morgan fingerprint density at radius 1 is 1.21 bits per heavy atom. The number of carbonyl (C=O) groups is 2. The number of amides is 2. The van der Waals surface area contributed by atoms with Crippen molar-refractivity contribution >= 4 is 17.5 Å². The lowest BCUT2D eigenvalue weighted by Crippen LogP contribution is -2.40. The van der Waals surface area contributed by atoms with Gasteiger partial charge in [0.25, 0.3) is 0 Å². The third kappa shape index (κ3) is 3.60. The molecule has 1 saturated heterocycles. The summed E-state index contributed by atoms with van der Waals surface area (Å²) in [6, 6.07) is 5.59. The topological polar surface area (TPSA) is 76.7 Å². The fraction of sp³-hybridized carbons (Fsp3) is 0.556. The molecule has 1 saturated carbocycles. The first kappa shape index (κ1) is 16.9. The van der Waals surface area contributed by atoms with Gasteiger partial charge in [0.1, 0.15) is 6.10 Å². The van der Waals surface area contributed by atoms with Gasteiger partial charge in [0.05, 0.1) is 6.61 Å². The number of nitrogens with one attached hydrogen (secondary N) is 2. The molecule has 2 N–H and O–H groups in total. The lowest BCUT2D eigenvalue weighted by atomic mass is 10.1. The quantitative estimate of drug-likeness (QED) is 0.831. The van der Waals surface area contributed by atoms with Gasteiger partial charge in [0.15, 0.2) is 5.79 Å². The molecule has 3 rings (SSSR count). The first-order valence-corrected chi connectivity index (χ1v) is 8.46. The van der Waals surface area contributed by atoms with Crippen LogP contribution < -0.4 is 10.6 Å². The van der Waals surface area contributed by atoms with Gasteiger partial charge >= 0.3 is 11.8 Å². The Balaban J connectivity index is 1.48. The number of ether oxygens (including phenoxy) is 2. The number of aryl methyl sites for hydroxylation is 1. The van der Waals surface area contributed by atoms with Crippen molar-refractivity contribution in [3.05, 3.63) is 29.3 Å². The third-order valence-corrected chi connectivity index (χ3v) is 4.83. The van der Waals surface area contributed by atoms with Crippen LogP contribution in [0.3, 0.4) is 0 Å². The van der Waals surface area contributed by atoms with E-state index in [2.05, 4.69) is 10.6 Å². The molecule has 0 bridgehead atoms. The smallest absolute Gasteiger partial charge is 0.313 e. The lowest BCUT2D eigenvalue weighted by molar-refractivity contribution is -0.161. The van der Waals surface area contributed by atoms with Crippen LogP contribution in [0.25, 0.3) is 0 Å². The Hall–Kier alpha value is -1.92.